The Morgan fingerprint density at radius 2 is 2.21 bits per heavy atom. The van der Waals surface area contributed by atoms with Crippen LogP contribution in [0.1, 0.15) is 18.9 Å². The summed E-state index contributed by atoms with van der Waals surface area (Å²) in [7, 11) is 0. The monoisotopic (exact) mass is 332 g/mol. The average molecular weight is 332 g/mol. The van der Waals surface area contributed by atoms with E-state index in [1.54, 1.807) is 6.33 Å². The molecule has 0 saturated carbocycles. The quantitative estimate of drug-likeness (QED) is 0.819. The maximum Gasteiger partial charge on any atom is 0.163 e. The van der Waals surface area contributed by atoms with Gasteiger partial charge in [0.15, 0.2) is 5.82 Å². The lowest BCUT2D eigenvalue weighted by Crippen LogP contribution is -2.44. The van der Waals surface area contributed by atoms with E-state index in [1.807, 2.05) is 34.9 Å². The van der Waals surface area contributed by atoms with Crippen LogP contribution in [0.15, 0.2) is 36.7 Å². The Morgan fingerprint density at radius 1 is 1.38 bits per heavy atom. The lowest BCUT2D eigenvalue weighted by Gasteiger charge is -2.33. The first-order chi connectivity index (χ1) is 11.8. The van der Waals surface area contributed by atoms with Crippen LogP contribution in [0.4, 0.5) is 0 Å². The molecule has 7 nitrogen and oxygen atoms in total. The van der Waals surface area contributed by atoms with E-state index >= 15 is 0 Å². The van der Waals surface area contributed by atoms with Crippen LogP contribution in [0.3, 0.4) is 0 Å². The van der Waals surface area contributed by atoms with Crippen LogP contribution in [0.2, 0.25) is 0 Å². The van der Waals surface area contributed by atoms with Gasteiger partial charge in [-0.15, -0.1) is 10.2 Å². The number of aliphatic hydroxyl groups excluding tert-OH is 1. The van der Waals surface area contributed by atoms with Gasteiger partial charge in [0.25, 0.3) is 0 Å². The fraction of sp³-hybridized carbons (Fsp3) is 0.529. The minimum absolute atomic E-state index is 0.108. The number of benzene rings is 1. The molecule has 1 aliphatic heterocycles. The van der Waals surface area contributed by atoms with E-state index in [2.05, 4.69) is 22.0 Å². The van der Waals surface area contributed by atoms with Gasteiger partial charge < -0.3 is 19.1 Å². The van der Waals surface area contributed by atoms with E-state index in [-0.39, 0.29) is 12.7 Å². The molecule has 0 aliphatic carbocycles. The van der Waals surface area contributed by atoms with E-state index in [4.69, 9.17) is 9.47 Å². The molecule has 1 saturated heterocycles. The lowest BCUT2D eigenvalue weighted by molar-refractivity contribution is -0.0508. The molecular weight excluding hydrogens is 308 g/mol. The number of rotatable bonds is 7. The number of morpholine rings is 1. The lowest BCUT2D eigenvalue weighted by atomic mass is 10.2. The zero-order valence-electron chi connectivity index (χ0n) is 13.9. The van der Waals surface area contributed by atoms with E-state index in [0.29, 0.717) is 19.7 Å². The number of para-hydroxylation sites is 1. The molecule has 0 radical (unpaired) electrons. The Kier molecular flexibility index (Phi) is 5.79. The van der Waals surface area contributed by atoms with Gasteiger partial charge >= 0.3 is 0 Å². The molecule has 0 spiro atoms. The number of aliphatic hydroxyl groups is 1. The molecule has 2 unspecified atom stereocenters. The normalized spacial score (nSPS) is 20.0. The van der Waals surface area contributed by atoms with Gasteiger partial charge in [-0.1, -0.05) is 18.2 Å². The van der Waals surface area contributed by atoms with Crippen molar-refractivity contribution in [2.45, 2.75) is 25.7 Å². The molecule has 24 heavy (non-hydrogen) atoms. The number of β-amino-alcohol motifs (C(OH)–C–C–N with tert-alkyl or cyclic N) is 1. The molecular formula is C17H24N4O3. The first-order valence-electron chi connectivity index (χ1n) is 8.34. The zero-order valence-corrected chi connectivity index (χ0v) is 13.9. The predicted molar refractivity (Wildman–Crippen MR) is 88.8 cm³/mol. The highest BCUT2D eigenvalue weighted by Crippen LogP contribution is 2.20. The largest absolute Gasteiger partial charge is 0.491 e. The summed E-state index contributed by atoms with van der Waals surface area (Å²) in [6.07, 6.45) is 1.07. The van der Waals surface area contributed by atoms with Crippen molar-refractivity contribution in [2.75, 3.05) is 32.8 Å². The van der Waals surface area contributed by atoms with Gasteiger partial charge in [0, 0.05) is 26.2 Å². The van der Waals surface area contributed by atoms with Crippen LogP contribution in [-0.2, 0) is 11.3 Å². The molecule has 2 heterocycles. The highest BCUT2D eigenvalue weighted by molar-refractivity contribution is 5.20. The minimum Gasteiger partial charge on any atom is -0.491 e. The smallest absolute Gasteiger partial charge is 0.163 e. The van der Waals surface area contributed by atoms with Gasteiger partial charge in [0.05, 0.1) is 6.61 Å². The van der Waals surface area contributed by atoms with Crippen LogP contribution in [-0.4, -0.2) is 63.7 Å². The Bertz CT molecular complexity index is 619. The number of aryl methyl sites for hydroxylation is 1. The van der Waals surface area contributed by atoms with Gasteiger partial charge in [0.2, 0.25) is 0 Å². The standard InChI is InChI=1S/C17H24N4O3/c1-2-21-13-18-19-17(21)16-11-20(8-9-23-16)10-14(22)12-24-15-6-4-3-5-7-15/h3-7,13-14,16,22H,2,8-12H2,1H3. The molecule has 2 atom stereocenters. The molecule has 2 aromatic rings. The van der Waals surface area contributed by atoms with Crippen molar-refractivity contribution < 1.29 is 14.6 Å². The Labute approximate surface area is 141 Å². The predicted octanol–water partition coefficient (Wildman–Crippen LogP) is 1.11. The third-order valence-corrected chi connectivity index (χ3v) is 4.08. The SMILES string of the molecule is CCn1cnnc1C1CN(CC(O)COc2ccccc2)CCO1. The minimum atomic E-state index is -0.548. The van der Waals surface area contributed by atoms with Crippen LogP contribution in [0.5, 0.6) is 5.75 Å². The second kappa shape index (κ2) is 8.23. The molecule has 0 bridgehead atoms. The Hall–Kier alpha value is -1.96. The zero-order chi connectivity index (χ0) is 16.8. The number of hydrogen-bond acceptors (Lipinski definition) is 6. The van der Waals surface area contributed by atoms with E-state index in [0.717, 1.165) is 24.7 Å². The molecule has 1 aliphatic rings. The van der Waals surface area contributed by atoms with Crippen molar-refractivity contribution >= 4 is 0 Å². The number of ether oxygens (including phenoxy) is 2. The summed E-state index contributed by atoms with van der Waals surface area (Å²) in [6.45, 7) is 5.80. The van der Waals surface area contributed by atoms with Gasteiger partial charge in [-0.05, 0) is 19.1 Å². The first-order valence-corrected chi connectivity index (χ1v) is 8.34. The summed E-state index contributed by atoms with van der Waals surface area (Å²) >= 11 is 0. The summed E-state index contributed by atoms with van der Waals surface area (Å²) in [6, 6.07) is 9.53. The van der Waals surface area contributed by atoms with Crippen molar-refractivity contribution in [3.63, 3.8) is 0 Å². The van der Waals surface area contributed by atoms with Crippen LogP contribution < -0.4 is 4.74 Å². The number of hydrogen-bond donors (Lipinski definition) is 1. The maximum absolute atomic E-state index is 10.2. The van der Waals surface area contributed by atoms with Crippen molar-refractivity contribution in [3.05, 3.63) is 42.5 Å². The fourth-order valence-electron chi connectivity index (χ4n) is 2.84. The van der Waals surface area contributed by atoms with Crippen LogP contribution in [0, 0.1) is 0 Å². The van der Waals surface area contributed by atoms with Gasteiger partial charge in [-0.25, -0.2) is 0 Å². The summed E-state index contributed by atoms with van der Waals surface area (Å²) in [5.41, 5.74) is 0. The molecule has 1 aromatic heterocycles. The molecule has 1 aromatic carbocycles. The summed E-state index contributed by atoms with van der Waals surface area (Å²) in [4.78, 5) is 2.18. The highest BCUT2D eigenvalue weighted by atomic mass is 16.5. The molecule has 1 fully saturated rings. The van der Waals surface area contributed by atoms with Crippen molar-refractivity contribution in [2.24, 2.45) is 0 Å². The van der Waals surface area contributed by atoms with Gasteiger partial charge in [-0.2, -0.15) is 0 Å². The van der Waals surface area contributed by atoms with Crippen molar-refractivity contribution in [3.8, 4) is 5.75 Å². The molecule has 7 heteroatoms. The Balaban J connectivity index is 1.50. The number of nitrogens with zero attached hydrogens (tertiary/aromatic N) is 4. The Morgan fingerprint density at radius 3 is 3.00 bits per heavy atom. The van der Waals surface area contributed by atoms with Gasteiger partial charge in [-0.3, -0.25) is 4.90 Å². The molecule has 130 valence electrons. The second-order valence-electron chi connectivity index (χ2n) is 5.87. The van der Waals surface area contributed by atoms with E-state index in [9.17, 15) is 5.11 Å². The summed E-state index contributed by atoms with van der Waals surface area (Å²) in [5.74, 6) is 1.62. The van der Waals surface area contributed by atoms with E-state index in [1.165, 1.54) is 0 Å². The molecule has 1 N–H and O–H groups in total. The third-order valence-electron chi connectivity index (χ3n) is 4.08. The molecule has 3 rings (SSSR count). The number of aromatic nitrogens is 3. The topological polar surface area (TPSA) is 72.6 Å². The van der Waals surface area contributed by atoms with Crippen molar-refractivity contribution in [1.82, 2.24) is 19.7 Å². The molecule has 0 amide bonds. The highest BCUT2D eigenvalue weighted by Gasteiger charge is 2.27. The van der Waals surface area contributed by atoms with Crippen molar-refractivity contribution in [1.29, 1.82) is 0 Å². The van der Waals surface area contributed by atoms with Crippen LogP contribution in [0.25, 0.3) is 0 Å². The second-order valence-corrected chi connectivity index (χ2v) is 5.87. The summed E-state index contributed by atoms with van der Waals surface area (Å²) in [5, 5.41) is 18.4. The average Bonchev–Trinajstić information content (AvgIpc) is 3.10. The summed E-state index contributed by atoms with van der Waals surface area (Å²) < 4.78 is 13.4. The third kappa shape index (κ3) is 4.31. The van der Waals surface area contributed by atoms with E-state index < -0.39 is 6.10 Å². The first kappa shape index (κ1) is 16.9. The van der Waals surface area contributed by atoms with Crippen LogP contribution >= 0.6 is 0 Å². The maximum atomic E-state index is 10.2. The fourth-order valence-corrected chi connectivity index (χ4v) is 2.84. The van der Waals surface area contributed by atoms with Gasteiger partial charge in [0.1, 0.15) is 30.9 Å².